The number of phenols is 2. The summed E-state index contributed by atoms with van der Waals surface area (Å²) in [5, 5.41) is 18.9. The van der Waals surface area contributed by atoms with Gasteiger partial charge in [0.15, 0.2) is 5.78 Å². The molecule has 0 fully saturated rings. The molecule has 0 amide bonds. The second-order valence-corrected chi connectivity index (χ2v) is 5.47. The molecule has 106 valence electrons. The molecule has 4 nitrogen and oxygen atoms in total. The highest BCUT2D eigenvalue weighted by molar-refractivity contribution is 7.98. The van der Waals surface area contributed by atoms with Crippen LogP contribution < -0.4 is 0 Å². The van der Waals surface area contributed by atoms with Crippen LogP contribution in [-0.2, 0) is 0 Å². The van der Waals surface area contributed by atoms with Gasteiger partial charge in [-0.3, -0.25) is 9.69 Å². The van der Waals surface area contributed by atoms with Crippen molar-refractivity contribution in [3.63, 3.8) is 0 Å². The molecule has 0 radical (unpaired) electrons. The first-order chi connectivity index (χ1) is 8.99. The Morgan fingerprint density at radius 2 is 2.11 bits per heavy atom. The summed E-state index contributed by atoms with van der Waals surface area (Å²) in [6.45, 7) is 2.36. The quantitative estimate of drug-likeness (QED) is 0.752. The van der Waals surface area contributed by atoms with E-state index in [1.807, 2.05) is 18.2 Å². The Hall–Kier alpha value is -1.20. The fourth-order valence-corrected chi connectivity index (χ4v) is 2.82. The minimum Gasteiger partial charge on any atom is -0.508 e. The predicted molar refractivity (Wildman–Crippen MR) is 79.2 cm³/mol. The van der Waals surface area contributed by atoms with Crippen molar-refractivity contribution in [2.45, 2.75) is 19.4 Å². The van der Waals surface area contributed by atoms with E-state index in [2.05, 4.69) is 6.92 Å². The van der Waals surface area contributed by atoms with E-state index in [0.717, 1.165) is 12.2 Å². The van der Waals surface area contributed by atoms with Crippen LogP contribution >= 0.6 is 11.8 Å². The van der Waals surface area contributed by atoms with Crippen LogP contribution in [0.3, 0.4) is 0 Å². The number of ketones is 1. The maximum atomic E-state index is 12.1. The molecule has 1 rings (SSSR count). The van der Waals surface area contributed by atoms with E-state index in [1.54, 1.807) is 11.8 Å². The van der Waals surface area contributed by atoms with Crippen LogP contribution in [0.4, 0.5) is 0 Å². The minimum atomic E-state index is -0.170. The maximum absolute atomic E-state index is 12.1. The lowest BCUT2D eigenvalue weighted by molar-refractivity contribution is 0.0922. The molecule has 0 saturated carbocycles. The number of benzene rings is 1. The molecule has 19 heavy (non-hydrogen) atoms. The molecular formula is C14H21NO3S. The number of rotatable bonds is 7. The van der Waals surface area contributed by atoms with Crippen molar-refractivity contribution in [1.82, 2.24) is 4.90 Å². The fraction of sp³-hybridized carbons (Fsp3) is 0.500. The molecule has 1 aromatic rings. The predicted octanol–water partition coefficient (Wildman–Crippen LogP) is 2.35. The number of aromatic hydroxyl groups is 2. The van der Waals surface area contributed by atoms with Gasteiger partial charge in [-0.1, -0.05) is 6.92 Å². The van der Waals surface area contributed by atoms with E-state index < -0.39 is 0 Å². The zero-order valence-corrected chi connectivity index (χ0v) is 12.4. The molecule has 5 heteroatoms. The SMILES string of the molecule is CCC(CSC)N(C)CC(=O)c1ccc(O)cc1O. The monoisotopic (exact) mass is 283 g/mol. The smallest absolute Gasteiger partial charge is 0.180 e. The lowest BCUT2D eigenvalue weighted by atomic mass is 10.1. The van der Waals surface area contributed by atoms with E-state index in [4.69, 9.17) is 0 Å². The standard InChI is InChI=1S/C14H21NO3S/c1-4-10(9-19-3)15(2)8-14(18)12-6-5-11(16)7-13(12)17/h5-7,10,16-17H,4,8-9H2,1-3H3. The molecule has 0 bridgehead atoms. The van der Waals surface area contributed by atoms with Crippen molar-refractivity contribution >= 4 is 17.5 Å². The minimum absolute atomic E-state index is 0.0452. The molecule has 1 atom stereocenters. The third-order valence-electron chi connectivity index (χ3n) is 3.13. The zero-order valence-electron chi connectivity index (χ0n) is 11.6. The summed E-state index contributed by atoms with van der Waals surface area (Å²) >= 11 is 1.76. The first kappa shape index (κ1) is 15.9. The molecule has 1 unspecified atom stereocenters. The van der Waals surface area contributed by atoms with E-state index in [1.165, 1.54) is 18.2 Å². The van der Waals surface area contributed by atoms with Crippen LogP contribution in [0.5, 0.6) is 11.5 Å². The molecule has 0 spiro atoms. The molecular weight excluding hydrogens is 262 g/mol. The third-order valence-corrected chi connectivity index (χ3v) is 3.85. The van der Waals surface area contributed by atoms with E-state index in [9.17, 15) is 15.0 Å². The summed E-state index contributed by atoms with van der Waals surface area (Å²) in [6.07, 6.45) is 3.02. The third kappa shape index (κ3) is 4.44. The average molecular weight is 283 g/mol. The highest BCUT2D eigenvalue weighted by Gasteiger charge is 2.18. The number of nitrogens with zero attached hydrogens (tertiary/aromatic N) is 1. The van der Waals surface area contributed by atoms with Crippen LogP contribution in [0.2, 0.25) is 0 Å². The Bertz CT molecular complexity index is 437. The average Bonchev–Trinajstić information content (AvgIpc) is 2.35. The van der Waals surface area contributed by atoms with Crippen molar-refractivity contribution < 1.29 is 15.0 Å². The molecule has 2 N–H and O–H groups in total. The van der Waals surface area contributed by atoms with Gasteiger partial charge in [-0.2, -0.15) is 11.8 Å². The summed E-state index contributed by atoms with van der Waals surface area (Å²) < 4.78 is 0. The van der Waals surface area contributed by atoms with E-state index in [-0.39, 0.29) is 29.4 Å². The largest absolute Gasteiger partial charge is 0.508 e. The first-order valence-corrected chi connectivity index (χ1v) is 7.63. The summed E-state index contributed by atoms with van der Waals surface area (Å²) in [4.78, 5) is 14.1. The normalized spacial score (nSPS) is 12.6. The van der Waals surface area contributed by atoms with Crippen molar-refractivity contribution in [1.29, 1.82) is 0 Å². The number of phenolic OH excluding ortho intramolecular Hbond substituents is 2. The van der Waals surface area contributed by atoms with Crippen molar-refractivity contribution in [2.24, 2.45) is 0 Å². The zero-order chi connectivity index (χ0) is 14.4. The van der Waals surface area contributed by atoms with Crippen molar-refractivity contribution in [3.05, 3.63) is 23.8 Å². The topological polar surface area (TPSA) is 60.8 Å². The Balaban J connectivity index is 2.73. The second-order valence-electron chi connectivity index (χ2n) is 4.56. The van der Waals surface area contributed by atoms with Gasteiger partial charge in [-0.15, -0.1) is 0 Å². The Morgan fingerprint density at radius 3 is 2.63 bits per heavy atom. The van der Waals surface area contributed by atoms with E-state index in [0.29, 0.717) is 6.04 Å². The van der Waals surface area contributed by atoms with Gasteiger partial charge in [0.25, 0.3) is 0 Å². The molecule has 1 aromatic carbocycles. The maximum Gasteiger partial charge on any atom is 0.180 e. The molecule has 0 saturated heterocycles. The summed E-state index contributed by atoms with van der Waals surface area (Å²) in [6, 6.07) is 4.40. The molecule has 0 heterocycles. The number of likely N-dealkylation sites (N-methyl/N-ethyl adjacent to an activating group) is 1. The first-order valence-electron chi connectivity index (χ1n) is 6.24. The van der Waals surface area contributed by atoms with Gasteiger partial charge in [0.05, 0.1) is 12.1 Å². The van der Waals surface area contributed by atoms with Gasteiger partial charge in [-0.25, -0.2) is 0 Å². The number of hydrogen-bond donors (Lipinski definition) is 2. The van der Waals surface area contributed by atoms with Crippen LogP contribution in [0, 0.1) is 0 Å². The van der Waals surface area contributed by atoms with Gasteiger partial charge >= 0.3 is 0 Å². The number of hydrogen-bond acceptors (Lipinski definition) is 5. The number of thioether (sulfide) groups is 1. The molecule has 0 aliphatic carbocycles. The van der Waals surface area contributed by atoms with E-state index >= 15 is 0 Å². The van der Waals surface area contributed by atoms with Crippen LogP contribution in [0.15, 0.2) is 18.2 Å². The number of carbonyl (C=O) groups excluding carboxylic acids is 1. The van der Waals surface area contributed by atoms with Crippen molar-refractivity contribution in [3.8, 4) is 11.5 Å². The molecule has 0 aliphatic rings. The second kappa shape index (κ2) is 7.40. The Labute approximate surface area is 118 Å². The van der Waals surface area contributed by atoms with Crippen molar-refractivity contribution in [2.75, 3.05) is 25.6 Å². The Kier molecular flexibility index (Phi) is 6.18. The fourth-order valence-electron chi connectivity index (χ4n) is 1.95. The van der Waals surface area contributed by atoms with Gasteiger partial charge in [0.1, 0.15) is 11.5 Å². The van der Waals surface area contributed by atoms with Crippen LogP contribution in [-0.4, -0.2) is 52.5 Å². The van der Waals surface area contributed by atoms with Crippen LogP contribution in [0.25, 0.3) is 0 Å². The lowest BCUT2D eigenvalue weighted by Crippen LogP contribution is -2.37. The highest BCUT2D eigenvalue weighted by Crippen LogP contribution is 2.23. The van der Waals surface area contributed by atoms with Gasteiger partial charge in [0, 0.05) is 17.9 Å². The summed E-state index contributed by atoms with van der Waals surface area (Å²) in [5.41, 5.74) is 0.253. The molecule has 0 aliphatic heterocycles. The highest BCUT2D eigenvalue weighted by atomic mass is 32.2. The number of Topliss-reactive ketones (excluding diaryl/α,β-unsaturated/α-hetero) is 1. The van der Waals surface area contributed by atoms with Crippen LogP contribution in [0.1, 0.15) is 23.7 Å². The molecule has 0 aromatic heterocycles. The lowest BCUT2D eigenvalue weighted by Gasteiger charge is -2.25. The van der Waals surface area contributed by atoms with Gasteiger partial charge in [-0.05, 0) is 31.9 Å². The summed E-state index contributed by atoms with van der Waals surface area (Å²) in [5.74, 6) is 0.620. The summed E-state index contributed by atoms with van der Waals surface area (Å²) in [7, 11) is 1.92. The van der Waals surface area contributed by atoms with Gasteiger partial charge < -0.3 is 10.2 Å². The Morgan fingerprint density at radius 1 is 1.42 bits per heavy atom. The number of carbonyl (C=O) groups is 1. The van der Waals surface area contributed by atoms with Gasteiger partial charge in [0.2, 0.25) is 0 Å².